The SMILES string of the molecule is COC(=O)CCC1CNCc2[nH]c3ccc(OC)cc3c21. The number of carbonyl (C=O) groups excluding carboxylic acids is 1. The molecule has 0 aliphatic carbocycles. The summed E-state index contributed by atoms with van der Waals surface area (Å²) in [5, 5.41) is 4.60. The zero-order chi connectivity index (χ0) is 14.8. The van der Waals surface area contributed by atoms with Crippen LogP contribution in [0.2, 0.25) is 0 Å². The lowest BCUT2D eigenvalue weighted by Gasteiger charge is -2.23. The molecule has 1 atom stereocenters. The normalized spacial score (nSPS) is 17.5. The van der Waals surface area contributed by atoms with Gasteiger partial charge in [-0.05, 0) is 36.1 Å². The number of aromatic nitrogens is 1. The molecule has 3 rings (SSSR count). The zero-order valence-corrected chi connectivity index (χ0v) is 12.4. The van der Waals surface area contributed by atoms with Gasteiger partial charge in [0.1, 0.15) is 5.75 Å². The maximum absolute atomic E-state index is 11.4. The first-order valence-corrected chi connectivity index (χ1v) is 7.19. The van der Waals surface area contributed by atoms with E-state index in [9.17, 15) is 4.79 Å². The third-order valence-electron chi connectivity index (χ3n) is 4.15. The van der Waals surface area contributed by atoms with Crippen LogP contribution >= 0.6 is 0 Å². The number of hydrogen-bond acceptors (Lipinski definition) is 4. The van der Waals surface area contributed by atoms with Crippen LogP contribution < -0.4 is 10.1 Å². The highest BCUT2D eigenvalue weighted by Crippen LogP contribution is 2.36. The van der Waals surface area contributed by atoms with Gasteiger partial charge < -0.3 is 19.8 Å². The Hall–Kier alpha value is -2.01. The topological polar surface area (TPSA) is 63.3 Å². The van der Waals surface area contributed by atoms with Crippen molar-refractivity contribution in [1.29, 1.82) is 0 Å². The van der Waals surface area contributed by atoms with Crippen LogP contribution in [-0.2, 0) is 16.1 Å². The molecule has 1 aromatic carbocycles. The summed E-state index contributed by atoms with van der Waals surface area (Å²) in [5.74, 6) is 1.02. The highest BCUT2D eigenvalue weighted by Gasteiger charge is 2.25. The van der Waals surface area contributed by atoms with E-state index in [0.717, 1.165) is 30.8 Å². The second-order valence-corrected chi connectivity index (χ2v) is 5.37. The summed E-state index contributed by atoms with van der Waals surface area (Å²) in [6.07, 6.45) is 1.23. The Morgan fingerprint density at radius 1 is 1.38 bits per heavy atom. The fraction of sp³-hybridized carbons (Fsp3) is 0.438. The molecule has 2 N–H and O–H groups in total. The van der Waals surface area contributed by atoms with Gasteiger partial charge in [-0.2, -0.15) is 0 Å². The average Bonchev–Trinajstić information content (AvgIpc) is 2.90. The molecule has 0 bridgehead atoms. The first-order chi connectivity index (χ1) is 10.2. The summed E-state index contributed by atoms with van der Waals surface area (Å²) >= 11 is 0. The predicted molar refractivity (Wildman–Crippen MR) is 80.5 cm³/mol. The van der Waals surface area contributed by atoms with Gasteiger partial charge in [0.2, 0.25) is 0 Å². The maximum atomic E-state index is 11.4. The molecule has 21 heavy (non-hydrogen) atoms. The number of aromatic amines is 1. The highest BCUT2D eigenvalue weighted by atomic mass is 16.5. The number of esters is 1. The average molecular weight is 288 g/mol. The van der Waals surface area contributed by atoms with Crippen molar-refractivity contribution in [3.63, 3.8) is 0 Å². The molecule has 5 nitrogen and oxygen atoms in total. The maximum Gasteiger partial charge on any atom is 0.305 e. The first kappa shape index (κ1) is 13.9. The van der Waals surface area contributed by atoms with Crippen LogP contribution in [0.25, 0.3) is 10.9 Å². The number of methoxy groups -OCH3 is 2. The van der Waals surface area contributed by atoms with Gasteiger partial charge in [-0.25, -0.2) is 0 Å². The molecular weight excluding hydrogens is 268 g/mol. The molecule has 0 saturated carbocycles. The van der Waals surface area contributed by atoms with Crippen molar-refractivity contribution >= 4 is 16.9 Å². The standard InChI is InChI=1S/C16H20N2O3/c1-20-11-4-5-13-12(7-11)16-10(3-6-15(19)21-2)8-17-9-14(16)18-13/h4-5,7,10,17-18H,3,6,8-9H2,1-2H3. The van der Waals surface area contributed by atoms with E-state index >= 15 is 0 Å². The third kappa shape index (κ3) is 2.61. The number of benzene rings is 1. The Balaban J connectivity index is 1.96. The van der Waals surface area contributed by atoms with E-state index < -0.39 is 0 Å². The number of hydrogen-bond donors (Lipinski definition) is 2. The van der Waals surface area contributed by atoms with Gasteiger partial charge in [0.05, 0.1) is 14.2 Å². The van der Waals surface area contributed by atoms with Crippen LogP contribution in [0.15, 0.2) is 18.2 Å². The molecule has 0 saturated heterocycles. The predicted octanol–water partition coefficient (Wildman–Crippen LogP) is 2.32. The lowest BCUT2D eigenvalue weighted by Crippen LogP contribution is -2.28. The smallest absolute Gasteiger partial charge is 0.305 e. The largest absolute Gasteiger partial charge is 0.497 e. The van der Waals surface area contributed by atoms with E-state index in [1.807, 2.05) is 12.1 Å². The molecule has 2 heterocycles. The van der Waals surface area contributed by atoms with Crippen molar-refractivity contribution in [2.45, 2.75) is 25.3 Å². The van der Waals surface area contributed by atoms with Crippen LogP contribution in [0.1, 0.15) is 30.0 Å². The van der Waals surface area contributed by atoms with Crippen molar-refractivity contribution in [2.24, 2.45) is 0 Å². The molecule has 112 valence electrons. The summed E-state index contributed by atoms with van der Waals surface area (Å²) in [7, 11) is 3.11. The summed E-state index contributed by atoms with van der Waals surface area (Å²) in [6.45, 7) is 1.72. The number of carbonyl (C=O) groups is 1. The number of fused-ring (bicyclic) bond motifs is 3. The van der Waals surface area contributed by atoms with Gasteiger partial charge in [0, 0.05) is 36.1 Å². The minimum absolute atomic E-state index is 0.153. The summed E-state index contributed by atoms with van der Waals surface area (Å²) in [4.78, 5) is 14.9. The third-order valence-corrected chi connectivity index (χ3v) is 4.15. The monoisotopic (exact) mass is 288 g/mol. The van der Waals surface area contributed by atoms with Crippen molar-refractivity contribution < 1.29 is 14.3 Å². The van der Waals surface area contributed by atoms with E-state index in [1.165, 1.54) is 23.8 Å². The van der Waals surface area contributed by atoms with Crippen LogP contribution in [0.3, 0.4) is 0 Å². The van der Waals surface area contributed by atoms with Gasteiger partial charge in [-0.3, -0.25) is 4.79 Å². The van der Waals surface area contributed by atoms with Gasteiger partial charge in [-0.1, -0.05) is 0 Å². The van der Waals surface area contributed by atoms with E-state index in [2.05, 4.69) is 16.4 Å². The van der Waals surface area contributed by atoms with E-state index in [1.54, 1.807) is 7.11 Å². The molecule has 0 fully saturated rings. The van der Waals surface area contributed by atoms with Gasteiger partial charge >= 0.3 is 5.97 Å². The summed E-state index contributed by atoms with van der Waals surface area (Å²) in [6, 6.07) is 6.08. The second-order valence-electron chi connectivity index (χ2n) is 5.37. The van der Waals surface area contributed by atoms with E-state index in [-0.39, 0.29) is 5.97 Å². The second kappa shape index (κ2) is 5.77. The Kier molecular flexibility index (Phi) is 3.84. The van der Waals surface area contributed by atoms with Gasteiger partial charge in [-0.15, -0.1) is 0 Å². The van der Waals surface area contributed by atoms with Crippen molar-refractivity contribution in [2.75, 3.05) is 20.8 Å². The highest BCUT2D eigenvalue weighted by molar-refractivity contribution is 5.87. The van der Waals surface area contributed by atoms with Crippen molar-refractivity contribution in [1.82, 2.24) is 10.3 Å². The lowest BCUT2D eigenvalue weighted by molar-refractivity contribution is -0.140. The summed E-state index contributed by atoms with van der Waals surface area (Å²) in [5.41, 5.74) is 3.64. The number of rotatable bonds is 4. The molecule has 1 aliphatic heterocycles. The Bertz CT molecular complexity index is 663. The Morgan fingerprint density at radius 2 is 2.24 bits per heavy atom. The molecule has 2 aromatic rings. The molecule has 1 unspecified atom stereocenters. The van der Waals surface area contributed by atoms with Crippen molar-refractivity contribution in [3.05, 3.63) is 29.5 Å². The quantitative estimate of drug-likeness (QED) is 0.848. The lowest BCUT2D eigenvalue weighted by atomic mass is 9.89. The molecule has 0 spiro atoms. The van der Waals surface area contributed by atoms with Crippen LogP contribution in [0, 0.1) is 0 Å². The zero-order valence-electron chi connectivity index (χ0n) is 12.4. The molecule has 1 aromatic heterocycles. The number of nitrogens with one attached hydrogen (secondary N) is 2. The van der Waals surface area contributed by atoms with Gasteiger partial charge in [0.15, 0.2) is 0 Å². The van der Waals surface area contributed by atoms with Crippen molar-refractivity contribution in [3.8, 4) is 5.75 Å². The van der Waals surface area contributed by atoms with Gasteiger partial charge in [0.25, 0.3) is 0 Å². The van der Waals surface area contributed by atoms with Crippen LogP contribution in [0.5, 0.6) is 5.75 Å². The minimum Gasteiger partial charge on any atom is -0.497 e. The Morgan fingerprint density at radius 3 is 3.00 bits per heavy atom. The molecule has 0 radical (unpaired) electrons. The molecule has 0 amide bonds. The number of H-pyrrole nitrogens is 1. The molecule has 1 aliphatic rings. The van der Waals surface area contributed by atoms with E-state index in [0.29, 0.717) is 12.3 Å². The van der Waals surface area contributed by atoms with Crippen LogP contribution in [0.4, 0.5) is 0 Å². The Labute approximate surface area is 123 Å². The fourth-order valence-corrected chi connectivity index (χ4v) is 3.09. The minimum atomic E-state index is -0.153. The fourth-order valence-electron chi connectivity index (χ4n) is 3.09. The molecule has 5 heteroatoms. The van der Waals surface area contributed by atoms with Crippen LogP contribution in [-0.4, -0.2) is 31.7 Å². The first-order valence-electron chi connectivity index (χ1n) is 7.19. The molecular formula is C16H20N2O3. The summed E-state index contributed by atoms with van der Waals surface area (Å²) < 4.78 is 10.1. The number of ether oxygens (including phenoxy) is 2. The van der Waals surface area contributed by atoms with E-state index in [4.69, 9.17) is 9.47 Å².